The van der Waals surface area contributed by atoms with Gasteiger partial charge in [0.2, 0.25) is 5.91 Å². The maximum absolute atomic E-state index is 13.5. The zero-order valence-corrected chi connectivity index (χ0v) is 18.3. The molecule has 0 bridgehead atoms. The van der Waals surface area contributed by atoms with E-state index in [1.54, 1.807) is 28.8 Å². The van der Waals surface area contributed by atoms with Gasteiger partial charge in [0.1, 0.15) is 12.1 Å². The van der Waals surface area contributed by atoms with Crippen LogP contribution < -0.4 is 10.2 Å². The molecule has 8 heteroatoms. The molecule has 1 aromatic rings. The number of rotatable bonds is 6. The molecular weight excluding hydrogens is 382 g/mol. The minimum Gasteiger partial charge on any atom is -0.355 e. The van der Waals surface area contributed by atoms with Crippen molar-refractivity contribution in [1.29, 1.82) is 0 Å². The van der Waals surface area contributed by atoms with Crippen LogP contribution in [0, 0.1) is 0 Å². The molecule has 2 aliphatic heterocycles. The fourth-order valence-electron chi connectivity index (χ4n) is 4.31. The molecule has 2 saturated heterocycles. The molecular formula is C22H33N5O3. The highest BCUT2D eigenvalue weighted by Crippen LogP contribution is 2.39. The molecule has 0 saturated carbocycles. The molecule has 2 aliphatic rings. The number of carbonyl (C=O) groups is 3. The van der Waals surface area contributed by atoms with Crippen LogP contribution in [-0.4, -0.2) is 85.0 Å². The third-order valence-electron chi connectivity index (χ3n) is 6.01. The van der Waals surface area contributed by atoms with E-state index in [9.17, 15) is 14.4 Å². The van der Waals surface area contributed by atoms with Crippen molar-refractivity contribution in [1.82, 2.24) is 20.0 Å². The summed E-state index contributed by atoms with van der Waals surface area (Å²) in [6.07, 6.45) is 3.04. The second kappa shape index (κ2) is 9.36. The zero-order chi connectivity index (χ0) is 21.7. The Morgan fingerprint density at radius 1 is 1.13 bits per heavy atom. The predicted octanol–water partition coefficient (Wildman–Crippen LogP) is 1.73. The Hall–Kier alpha value is -2.77. The summed E-state index contributed by atoms with van der Waals surface area (Å²) in [5.41, 5.74) is 0.251. The van der Waals surface area contributed by atoms with E-state index < -0.39 is 5.54 Å². The van der Waals surface area contributed by atoms with Gasteiger partial charge >= 0.3 is 6.03 Å². The number of amides is 4. The van der Waals surface area contributed by atoms with Gasteiger partial charge < -0.3 is 24.9 Å². The molecule has 164 valence electrons. The van der Waals surface area contributed by atoms with E-state index in [1.807, 2.05) is 30.3 Å². The largest absolute Gasteiger partial charge is 0.355 e. The normalized spacial score (nSPS) is 18.1. The summed E-state index contributed by atoms with van der Waals surface area (Å²) in [7, 11) is 3.48. The molecule has 0 unspecified atom stereocenters. The molecule has 30 heavy (non-hydrogen) atoms. The number of benzene rings is 1. The maximum atomic E-state index is 13.5. The van der Waals surface area contributed by atoms with Gasteiger partial charge in [-0.3, -0.25) is 9.59 Å². The van der Waals surface area contributed by atoms with Crippen molar-refractivity contribution in [3.63, 3.8) is 0 Å². The topological polar surface area (TPSA) is 76.2 Å². The lowest BCUT2D eigenvalue weighted by atomic mass is 9.85. The second-order valence-electron chi connectivity index (χ2n) is 8.31. The quantitative estimate of drug-likeness (QED) is 0.718. The highest BCUT2D eigenvalue weighted by atomic mass is 16.2. The molecule has 3 rings (SSSR count). The first-order valence-corrected chi connectivity index (χ1v) is 10.7. The molecule has 1 aromatic carbocycles. The zero-order valence-electron chi connectivity index (χ0n) is 18.3. The molecule has 0 radical (unpaired) electrons. The summed E-state index contributed by atoms with van der Waals surface area (Å²) in [5, 5.41) is 2.90. The average molecular weight is 416 g/mol. The van der Waals surface area contributed by atoms with Crippen LogP contribution in [0.4, 0.5) is 10.5 Å². The summed E-state index contributed by atoms with van der Waals surface area (Å²) >= 11 is 0. The van der Waals surface area contributed by atoms with Crippen LogP contribution in [0.5, 0.6) is 0 Å². The van der Waals surface area contributed by atoms with Crippen LogP contribution >= 0.6 is 0 Å². The summed E-state index contributed by atoms with van der Waals surface area (Å²) in [5.74, 6) is -0.143. The van der Waals surface area contributed by atoms with E-state index in [-0.39, 0.29) is 24.4 Å². The third-order valence-corrected chi connectivity index (χ3v) is 6.01. The van der Waals surface area contributed by atoms with E-state index in [0.717, 1.165) is 18.5 Å². The number of carbonyl (C=O) groups excluding carboxylic acids is 3. The van der Waals surface area contributed by atoms with Gasteiger partial charge in [0.25, 0.3) is 5.91 Å². The van der Waals surface area contributed by atoms with Gasteiger partial charge in [-0.2, -0.15) is 0 Å². The number of nitrogens with zero attached hydrogens (tertiary/aromatic N) is 4. The fourth-order valence-corrected chi connectivity index (χ4v) is 4.31. The Morgan fingerprint density at radius 2 is 1.80 bits per heavy atom. The van der Waals surface area contributed by atoms with E-state index in [2.05, 4.69) is 17.1 Å². The van der Waals surface area contributed by atoms with Crippen LogP contribution in [0.3, 0.4) is 0 Å². The highest BCUT2D eigenvalue weighted by molar-refractivity contribution is 5.96. The summed E-state index contributed by atoms with van der Waals surface area (Å²) < 4.78 is 0. The van der Waals surface area contributed by atoms with Crippen molar-refractivity contribution in [2.45, 2.75) is 38.1 Å². The Kier molecular flexibility index (Phi) is 6.84. The Labute approximate surface area is 178 Å². The van der Waals surface area contributed by atoms with Crippen molar-refractivity contribution in [2.75, 3.05) is 51.8 Å². The number of likely N-dealkylation sites (tertiary alicyclic amines) is 1. The predicted molar refractivity (Wildman–Crippen MR) is 116 cm³/mol. The van der Waals surface area contributed by atoms with Crippen molar-refractivity contribution in [2.24, 2.45) is 0 Å². The minimum atomic E-state index is -0.714. The van der Waals surface area contributed by atoms with Crippen LogP contribution in [0.2, 0.25) is 0 Å². The number of para-hydroxylation sites is 1. The van der Waals surface area contributed by atoms with E-state index in [0.29, 0.717) is 39.1 Å². The van der Waals surface area contributed by atoms with Crippen LogP contribution in [0.25, 0.3) is 0 Å². The second-order valence-corrected chi connectivity index (χ2v) is 8.31. The van der Waals surface area contributed by atoms with Gasteiger partial charge in [-0.25, -0.2) is 4.79 Å². The van der Waals surface area contributed by atoms with Gasteiger partial charge in [0.05, 0.1) is 6.67 Å². The monoisotopic (exact) mass is 415 g/mol. The van der Waals surface area contributed by atoms with E-state index >= 15 is 0 Å². The molecule has 1 N–H and O–H groups in total. The molecule has 0 aliphatic carbocycles. The van der Waals surface area contributed by atoms with Crippen molar-refractivity contribution in [3.05, 3.63) is 30.3 Å². The van der Waals surface area contributed by atoms with E-state index in [1.165, 1.54) is 0 Å². The number of nitrogens with one attached hydrogen (secondary N) is 1. The first kappa shape index (κ1) is 21.9. The van der Waals surface area contributed by atoms with E-state index in [4.69, 9.17) is 0 Å². The molecule has 2 heterocycles. The lowest BCUT2D eigenvalue weighted by molar-refractivity contribution is -0.137. The number of unbranched alkanes of at least 4 members (excludes halogenated alkanes) is 1. The number of urea groups is 1. The Morgan fingerprint density at radius 3 is 2.40 bits per heavy atom. The lowest BCUT2D eigenvalue weighted by Crippen LogP contribution is -2.58. The lowest BCUT2D eigenvalue weighted by Gasteiger charge is -2.43. The van der Waals surface area contributed by atoms with Crippen molar-refractivity contribution in [3.8, 4) is 0 Å². The van der Waals surface area contributed by atoms with Gasteiger partial charge in [0, 0.05) is 39.4 Å². The number of anilines is 1. The molecule has 8 nitrogen and oxygen atoms in total. The molecule has 1 spiro atoms. The van der Waals surface area contributed by atoms with Crippen LogP contribution in [0.15, 0.2) is 30.3 Å². The van der Waals surface area contributed by atoms with Crippen molar-refractivity contribution >= 4 is 23.5 Å². The first-order valence-electron chi connectivity index (χ1n) is 10.7. The maximum Gasteiger partial charge on any atom is 0.319 e. The number of piperidine rings is 1. The summed E-state index contributed by atoms with van der Waals surface area (Å²) in [4.78, 5) is 45.4. The fraction of sp³-hybridized carbons (Fsp3) is 0.591. The molecule has 2 fully saturated rings. The number of hydrogen-bond acceptors (Lipinski definition) is 4. The molecule has 4 amide bonds. The third kappa shape index (κ3) is 4.37. The first-order chi connectivity index (χ1) is 14.4. The van der Waals surface area contributed by atoms with Gasteiger partial charge in [-0.1, -0.05) is 31.5 Å². The smallest absolute Gasteiger partial charge is 0.319 e. The van der Waals surface area contributed by atoms with Gasteiger partial charge in [-0.05, 0) is 31.4 Å². The van der Waals surface area contributed by atoms with Gasteiger partial charge in [0.15, 0.2) is 0 Å². The molecule has 0 atom stereocenters. The Bertz CT molecular complexity index is 759. The van der Waals surface area contributed by atoms with Crippen LogP contribution in [-0.2, 0) is 9.59 Å². The number of hydrogen-bond donors (Lipinski definition) is 1. The highest BCUT2D eigenvalue weighted by Gasteiger charge is 2.54. The summed E-state index contributed by atoms with van der Waals surface area (Å²) in [6, 6.07) is 9.82. The van der Waals surface area contributed by atoms with Crippen molar-refractivity contribution < 1.29 is 14.4 Å². The Balaban J connectivity index is 1.78. The molecule has 0 aromatic heterocycles. The average Bonchev–Trinajstić information content (AvgIpc) is 3.00. The SMILES string of the molecule is CCCCNC(=O)CN1CN(c2ccccc2)C2(CCN(C(=O)N(C)C)CC2)C1=O. The minimum absolute atomic E-state index is 0.0195. The van der Waals surface area contributed by atoms with Crippen LogP contribution in [0.1, 0.15) is 32.6 Å². The standard InChI is InChI=1S/C22H33N5O3/c1-4-5-13-23-19(28)16-26-17-27(18-9-7-6-8-10-18)22(20(26)29)11-14-25(15-12-22)21(30)24(2)3/h6-10H,4-5,11-17H2,1-3H3,(H,23,28). The van der Waals surface area contributed by atoms with Gasteiger partial charge in [-0.15, -0.1) is 0 Å². The summed E-state index contributed by atoms with van der Waals surface area (Å²) in [6.45, 7) is 4.18.